The molecule has 0 bridgehead atoms. The molecule has 0 radical (unpaired) electrons. The summed E-state index contributed by atoms with van der Waals surface area (Å²) >= 11 is 0. The highest BCUT2D eigenvalue weighted by Gasteiger charge is 2.25. The van der Waals surface area contributed by atoms with Crippen molar-refractivity contribution in [1.82, 2.24) is 10.2 Å². The predicted molar refractivity (Wildman–Crippen MR) is 106 cm³/mol. The van der Waals surface area contributed by atoms with Crippen molar-refractivity contribution in [2.75, 3.05) is 23.4 Å². The van der Waals surface area contributed by atoms with Gasteiger partial charge in [-0.25, -0.2) is 0 Å². The average molecular weight is 382 g/mol. The molecule has 1 aromatic carbocycles. The molecule has 4 rings (SSSR count). The molecule has 7 nitrogen and oxygen atoms in total. The van der Waals surface area contributed by atoms with Gasteiger partial charge in [0.15, 0.2) is 12.4 Å². The van der Waals surface area contributed by atoms with Crippen LogP contribution in [0.4, 0.5) is 11.5 Å². The van der Waals surface area contributed by atoms with Crippen LogP contribution in [0.5, 0.6) is 5.75 Å². The molecule has 7 heteroatoms. The SMILES string of the molecule is O=C(CCN1C(=O)COc2ccccc21)Nc1cc(CC2CCCCC2)[nH]n1. The third kappa shape index (κ3) is 4.35. The summed E-state index contributed by atoms with van der Waals surface area (Å²) in [6, 6.07) is 9.29. The molecule has 1 aromatic heterocycles. The van der Waals surface area contributed by atoms with Crippen LogP contribution in [0.25, 0.3) is 0 Å². The number of carbonyl (C=O) groups is 2. The molecule has 2 heterocycles. The summed E-state index contributed by atoms with van der Waals surface area (Å²) in [6.45, 7) is 0.312. The Morgan fingerprint density at radius 1 is 1.25 bits per heavy atom. The van der Waals surface area contributed by atoms with Crippen molar-refractivity contribution < 1.29 is 14.3 Å². The van der Waals surface area contributed by atoms with Gasteiger partial charge in [0.1, 0.15) is 5.75 Å². The van der Waals surface area contributed by atoms with Crippen LogP contribution < -0.4 is 15.0 Å². The van der Waals surface area contributed by atoms with E-state index in [1.165, 1.54) is 32.1 Å². The fourth-order valence-electron chi connectivity index (χ4n) is 4.05. The van der Waals surface area contributed by atoms with Gasteiger partial charge >= 0.3 is 0 Å². The van der Waals surface area contributed by atoms with E-state index in [-0.39, 0.29) is 24.8 Å². The summed E-state index contributed by atoms with van der Waals surface area (Å²) in [6.07, 6.45) is 7.70. The number of hydrogen-bond donors (Lipinski definition) is 2. The highest BCUT2D eigenvalue weighted by atomic mass is 16.5. The summed E-state index contributed by atoms with van der Waals surface area (Å²) in [5.74, 6) is 1.63. The molecule has 2 amide bonds. The second-order valence-electron chi connectivity index (χ2n) is 7.59. The first-order chi connectivity index (χ1) is 13.7. The van der Waals surface area contributed by atoms with Crippen LogP contribution in [-0.4, -0.2) is 35.2 Å². The quantitative estimate of drug-likeness (QED) is 0.803. The van der Waals surface area contributed by atoms with E-state index in [2.05, 4.69) is 15.5 Å². The number of benzene rings is 1. The van der Waals surface area contributed by atoms with E-state index in [9.17, 15) is 9.59 Å². The lowest BCUT2D eigenvalue weighted by molar-refractivity contribution is -0.121. The number of rotatable bonds is 6. The number of aromatic amines is 1. The van der Waals surface area contributed by atoms with Gasteiger partial charge < -0.3 is 15.0 Å². The number of nitrogens with zero attached hydrogens (tertiary/aromatic N) is 2. The van der Waals surface area contributed by atoms with Crippen molar-refractivity contribution in [3.05, 3.63) is 36.0 Å². The highest BCUT2D eigenvalue weighted by Crippen LogP contribution is 2.31. The monoisotopic (exact) mass is 382 g/mol. The number of carbonyl (C=O) groups excluding carboxylic acids is 2. The van der Waals surface area contributed by atoms with Gasteiger partial charge in [0.2, 0.25) is 5.91 Å². The largest absolute Gasteiger partial charge is 0.482 e. The topological polar surface area (TPSA) is 87.3 Å². The van der Waals surface area contributed by atoms with Gasteiger partial charge in [-0.1, -0.05) is 44.2 Å². The summed E-state index contributed by atoms with van der Waals surface area (Å²) < 4.78 is 5.43. The molecule has 2 aliphatic rings. The predicted octanol–water partition coefficient (Wildman–Crippen LogP) is 3.29. The van der Waals surface area contributed by atoms with Crippen LogP contribution in [0, 0.1) is 5.92 Å². The number of aromatic nitrogens is 2. The van der Waals surface area contributed by atoms with Gasteiger partial charge in [-0.15, -0.1) is 0 Å². The summed E-state index contributed by atoms with van der Waals surface area (Å²) in [5, 5.41) is 10.1. The number of nitrogens with one attached hydrogen (secondary N) is 2. The van der Waals surface area contributed by atoms with Crippen LogP contribution in [-0.2, 0) is 16.0 Å². The number of H-pyrrole nitrogens is 1. The van der Waals surface area contributed by atoms with E-state index in [4.69, 9.17) is 4.74 Å². The Bertz CT molecular complexity index is 842. The lowest BCUT2D eigenvalue weighted by Gasteiger charge is -2.29. The molecular weight excluding hydrogens is 356 g/mol. The average Bonchev–Trinajstić information content (AvgIpc) is 3.14. The maximum Gasteiger partial charge on any atom is 0.265 e. The molecule has 0 unspecified atom stereocenters. The minimum atomic E-state index is -0.160. The molecule has 0 spiro atoms. The zero-order valence-corrected chi connectivity index (χ0v) is 15.9. The van der Waals surface area contributed by atoms with Gasteiger partial charge in [-0.2, -0.15) is 5.10 Å². The van der Waals surface area contributed by atoms with Gasteiger partial charge in [-0.3, -0.25) is 14.7 Å². The number of para-hydroxylation sites is 2. The standard InChI is InChI=1S/C21H26N4O3/c26-20(10-11-25-17-8-4-5-9-18(17)28-14-21(25)27)22-19-13-16(23-24-19)12-15-6-2-1-3-7-15/h4-5,8-9,13,15H,1-3,6-7,10-12,14H2,(H2,22,23,24,26). The Balaban J connectivity index is 1.30. The maximum absolute atomic E-state index is 12.3. The van der Waals surface area contributed by atoms with Crippen molar-refractivity contribution in [3.63, 3.8) is 0 Å². The molecule has 148 valence electrons. The lowest BCUT2D eigenvalue weighted by Crippen LogP contribution is -2.40. The molecule has 0 atom stereocenters. The van der Waals surface area contributed by atoms with Crippen molar-refractivity contribution in [2.24, 2.45) is 5.92 Å². The fraction of sp³-hybridized carbons (Fsp3) is 0.476. The minimum absolute atomic E-state index is 0.00251. The minimum Gasteiger partial charge on any atom is -0.482 e. The number of ether oxygens (including phenoxy) is 1. The number of hydrogen-bond acceptors (Lipinski definition) is 4. The summed E-state index contributed by atoms with van der Waals surface area (Å²) in [5.41, 5.74) is 1.78. The first kappa shape index (κ1) is 18.5. The van der Waals surface area contributed by atoms with E-state index in [1.807, 2.05) is 30.3 Å². The summed E-state index contributed by atoms with van der Waals surface area (Å²) in [7, 11) is 0. The van der Waals surface area contributed by atoms with Gasteiger partial charge in [0.05, 0.1) is 5.69 Å². The Morgan fingerprint density at radius 3 is 2.93 bits per heavy atom. The second-order valence-corrected chi connectivity index (χ2v) is 7.59. The molecule has 1 saturated carbocycles. The Hall–Kier alpha value is -2.83. The summed E-state index contributed by atoms with van der Waals surface area (Å²) in [4.78, 5) is 26.1. The third-order valence-electron chi connectivity index (χ3n) is 5.50. The molecule has 1 fully saturated rings. The van der Waals surface area contributed by atoms with Crippen molar-refractivity contribution in [2.45, 2.75) is 44.9 Å². The fourth-order valence-corrected chi connectivity index (χ4v) is 4.05. The Kier molecular flexibility index (Phi) is 5.60. The second kappa shape index (κ2) is 8.46. The first-order valence-electron chi connectivity index (χ1n) is 10.1. The Labute approximate surface area is 164 Å². The number of amides is 2. The van der Waals surface area contributed by atoms with Crippen molar-refractivity contribution >= 4 is 23.3 Å². The van der Waals surface area contributed by atoms with Gasteiger partial charge in [-0.05, 0) is 24.5 Å². The molecule has 1 aliphatic heterocycles. The zero-order chi connectivity index (χ0) is 19.3. The molecular formula is C21H26N4O3. The molecule has 2 aromatic rings. The smallest absolute Gasteiger partial charge is 0.265 e. The molecule has 1 aliphatic carbocycles. The van der Waals surface area contributed by atoms with E-state index < -0.39 is 0 Å². The highest BCUT2D eigenvalue weighted by molar-refractivity contribution is 5.99. The van der Waals surface area contributed by atoms with E-state index in [0.717, 1.165) is 12.1 Å². The number of fused-ring (bicyclic) bond motifs is 1. The van der Waals surface area contributed by atoms with Crippen LogP contribution in [0.2, 0.25) is 0 Å². The van der Waals surface area contributed by atoms with Crippen molar-refractivity contribution in [1.29, 1.82) is 0 Å². The maximum atomic E-state index is 12.3. The van der Waals surface area contributed by atoms with Gasteiger partial charge in [0.25, 0.3) is 5.91 Å². The lowest BCUT2D eigenvalue weighted by atomic mass is 9.86. The molecule has 0 saturated heterocycles. The van der Waals surface area contributed by atoms with E-state index in [0.29, 0.717) is 29.7 Å². The van der Waals surface area contributed by atoms with Crippen LogP contribution in [0.3, 0.4) is 0 Å². The normalized spacial score (nSPS) is 17.1. The number of anilines is 2. The molecule has 2 N–H and O–H groups in total. The third-order valence-corrected chi connectivity index (χ3v) is 5.50. The first-order valence-corrected chi connectivity index (χ1v) is 10.1. The van der Waals surface area contributed by atoms with Crippen LogP contribution in [0.1, 0.15) is 44.2 Å². The van der Waals surface area contributed by atoms with Crippen LogP contribution in [0.15, 0.2) is 30.3 Å². The Morgan fingerprint density at radius 2 is 2.07 bits per heavy atom. The van der Waals surface area contributed by atoms with Crippen molar-refractivity contribution in [3.8, 4) is 5.75 Å². The molecule has 28 heavy (non-hydrogen) atoms. The van der Waals surface area contributed by atoms with Gasteiger partial charge in [0, 0.05) is 24.7 Å². The van der Waals surface area contributed by atoms with E-state index in [1.54, 1.807) is 4.90 Å². The van der Waals surface area contributed by atoms with Crippen LogP contribution >= 0.6 is 0 Å². The van der Waals surface area contributed by atoms with E-state index >= 15 is 0 Å². The zero-order valence-electron chi connectivity index (χ0n) is 15.9.